The van der Waals surface area contributed by atoms with Crippen molar-refractivity contribution in [2.75, 3.05) is 13.2 Å². The maximum atomic E-state index is 13.1. The van der Waals surface area contributed by atoms with E-state index in [0.717, 1.165) is 6.21 Å². The van der Waals surface area contributed by atoms with Gasteiger partial charge in [-0.1, -0.05) is 27.9 Å². The molecule has 4 rings (SSSR count). The van der Waals surface area contributed by atoms with E-state index in [4.69, 9.17) is 19.9 Å². The van der Waals surface area contributed by atoms with Gasteiger partial charge in [0.1, 0.15) is 24.5 Å². The molecule has 0 radical (unpaired) electrons. The molecular weight excluding hydrogens is 456 g/mol. The summed E-state index contributed by atoms with van der Waals surface area (Å²) in [5.74, 6) is -1.09. The molecule has 3 aliphatic heterocycles. The van der Waals surface area contributed by atoms with Gasteiger partial charge >= 0.3 is 12.0 Å². The molecule has 0 saturated carbocycles. The summed E-state index contributed by atoms with van der Waals surface area (Å²) in [4.78, 5) is 29.3. The average molecular weight is 481 g/mol. The second-order valence-electron chi connectivity index (χ2n) is 8.01. The summed E-state index contributed by atoms with van der Waals surface area (Å²) in [6.45, 7) is -1.40. The van der Waals surface area contributed by atoms with Gasteiger partial charge in [-0.3, -0.25) is 0 Å². The molecule has 3 aliphatic rings. The molecule has 0 aliphatic carbocycles. The Bertz CT molecular complexity index is 991. The number of aliphatic imine (C=N–C) groups is 1. The summed E-state index contributed by atoms with van der Waals surface area (Å²) in [7, 11) is 0. The van der Waals surface area contributed by atoms with Crippen LogP contribution >= 0.6 is 0 Å². The first-order valence-electron chi connectivity index (χ1n) is 10.4. The first-order valence-corrected chi connectivity index (χ1v) is 10.4. The monoisotopic (exact) mass is 481 g/mol. The molecule has 9 atom stereocenters. The Morgan fingerprint density at radius 1 is 1.00 bits per heavy atom. The van der Waals surface area contributed by atoms with Crippen LogP contribution in [0, 0.1) is 0 Å². The van der Waals surface area contributed by atoms with Crippen LogP contribution in [0.3, 0.4) is 0 Å². The van der Waals surface area contributed by atoms with Gasteiger partial charge in [-0.05, 0) is 12.1 Å². The highest BCUT2D eigenvalue weighted by molar-refractivity contribution is 6.31. The molecule has 2 fully saturated rings. The molecule has 1 aromatic carbocycles. The molecular formula is C20H25N4O10+. The van der Waals surface area contributed by atoms with E-state index in [1.165, 1.54) is 12.1 Å². The van der Waals surface area contributed by atoms with E-state index in [1.54, 1.807) is 18.2 Å². The van der Waals surface area contributed by atoms with Crippen molar-refractivity contribution < 1.29 is 53.9 Å². The normalized spacial score (nSPS) is 39.8. The standard InChI is InChI=1S/C20H24N4O10/c21-12-6-22-24(20(31)23-12,17-14(28)13(27)10(7-25)32-17)18-15(29)16(11(8-26)33-18)34-19(30)9-4-2-1-3-5-9/h1-6,10-11,13-18,25-29H,7-8H2,(H-,21,23,31)/p+1/t10-,11-,13-,14-,15+,16-,17-,18-,24?/m1/s1. The van der Waals surface area contributed by atoms with E-state index in [0.29, 0.717) is 0 Å². The second-order valence-corrected chi connectivity index (χ2v) is 8.01. The number of aliphatic hydroxyl groups is 5. The van der Waals surface area contributed by atoms with Gasteiger partial charge in [-0.25, -0.2) is 9.59 Å². The van der Waals surface area contributed by atoms with Crippen molar-refractivity contribution in [3.63, 3.8) is 0 Å². The van der Waals surface area contributed by atoms with Crippen molar-refractivity contribution in [1.29, 1.82) is 0 Å². The van der Waals surface area contributed by atoms with Crippen molar-refractivity contribution in [2.24, 2.45) is 15.8 Å². The predicted octanol–water partition coefficient (Wildman–Crippen LogP) is -2.98. The van der Waals surface area contributed by atoms with E-state index >= 15 is 0 Å². The average Bonchev–Trinajstić information content (AvgIpc) is 3.31. The fourth-order valence-electron chi connectivity index (χ4n) is 4.23. The number of amides is 2. The number of quaternary nitrogens is 1. The molecule has 14 nitrogen and oxygen atoms in total. The third-order valence-corrected chi connectivity index (χ3v) is 5.95. The first-order chi connectivity index (χ1) is 16.2. The van der Waals surface area contributed by atoms with Gasteiger partial charge in [0, 0.05) is 0 Å². The highest BCUT2D eigenvalue weighted by Crippen LogP contribution is 2.40. The lowest BCUT2D eigenvalue weighted by Crippen LogP contribution is -2.68. The quantitative estimate of drug-likeness (QED) is 0.178. The predicted molar refractivity (Wildman–Crippen MR) is 111 cm³/mol. The van der Waals surface area contributed by atoms with E-state index in [2.05, 4.69) is 10.1 Å². The maximum absolute atomic E-state index is 13.1. The molecule has 3 heterocycles. The zero-order chi connectivity index (χ0) is 24.6. The molecule has 0 spiro atoms. The van der Waals surface area contributed by atoms with Crippen molar-refractivity contribution in [3.8, 4) is 0 Å². The Hall–Kier alpha value is -2.82. The summed E-state index contributed by atoms with van der Waals surface area (Å²) in [6.07, 6.45) is -11.5. The summed E-state index contributed by atoms with van der Waals surface area (Å²) in [5.41, 5.74) is 5.74. The van der Waals surface area contributed by atoms with Crippen LogP contribution in [-0.2, 0) is 14.2 Å². The Morgan fingerprint density at radius 3 is 2.21 bits per heavy atom. The van der Waals surface area contributed by atoms with Crippen LogP contribution in [0.15, 0.2) is 40.4 Å². The molecule has 0 bridgehead atoms. The van der Waals surface area contributed by atoms with Gasteiger partial charge in [0.2, 0.25) is 0 Å². The number of esters is 1. The number of ether oxygens (including phenoxy) is 3. The number of nitrogens with two attached hydrogens (primary N) is 1. The molecule has 1 aromatic rings. The van der Waals surface area contributed by atoms with Gasteiger partial charge in [-0.15, -0.1) is 4.99 Å². The number of urea groups is 1. The number of hydrogen-bond acceptors (Lipinski definition) is 12. The van der Waals surface area contributed by atoms with Crippen LogP contribution in [0.4, 0.5) is 4.79 Å². The largest absolute Gasteiger partial charge is 0.475 e. The van der Waals surface area contributed by atoms with Crippen molar-refractivity contribution in [2.45, 2.75) is 49.1 Å². The summed E-state index contributed by atoms with van der Waals surface area (Å²) in [5, 5.41) is 55.3. The first kappa shape index (κ1) is 24.3. The van der Waals surface area contributed by atoms with Crippen LogP contribution in [0.25, 0.3) is 0 Å². The van der Waals surface area contributed by atoms with Gasteiger partial charge in [0.25, 0.3) is 12.5 Å². The van der Waals surface area contributed by atoms with Crippen LogP contribution in [0.2, 0.25) is 0 Å². The van der Waals surface area contributed by atoms with Crippen molar-refractivity contribution in [3.05, 3.63) is 35.9 Å². The third-order valence-electron chi connectivity index (χ3n) is 5.95. The third kappa shape index (κ3) is 3.89. The number of amidine groups is 1. The molecule has 184 valence electrons. The lowest BCUT2D eigenvalue weighted by molar-refractivity contribution is -0.951. The summed E-state index contributed by atoms with van der Waals surface area (Å²) in [6, 6.07) is 6.76. The number of carbonyl (C=O) groups excluding carboxylic acids is 2. The Morgan fingerprint density at radius 2 is 1.62 bits per heavy atom. The summed E-state index contributed by atoms with van der Waals surface area (Å²) >= 11 is 0. The maximum Gasteiger partial charge on any atom is 0.475 e. The molecule has 0 aromatic heterocycles. The fourth-order valence-corrected chi connectivity index (χ4v) is 4.23. The molecule has 7 N–H and O–H groups in total. The molecule has 34 heavy (non-hydrogen) atoms. The Labute approximate surface area is 192 Å². The van der Waals surface area contributed by atoms with E-state index in [1.807, 2.05) is 0 Å². The number of nitrogens with zero attached hydrogens (tertiary/aromatic N) is 3. The van der Waals surface area contributed by atoms with E-state index in [-0.39, 0.29) is 11.4 Å². The minimum atomic E-state index is -1.76. The molecule has 2 amide bonds. The van der Waals surface area contributed by atoms with Crippen LogP contribution in [-0.4, -0.2) is 116 Å². The highest BCUT2D eigenvalue weighted by atomic mass is 16.6. The van der Waals surface area contributed by atoms with Gasteiger partial charge < -0.3 is 45.5 Å². The van der Waals surface area contributed by atoms with E-state index in [9.17, 15) is 35.1 Å². The van der Waals surface area contributed by atoms with Crippen LogP contribution < -0.4 is 5.73 Å². The zero-order valence-electron chi connectivity index (χ0n) is 17.7. The number of carbonyl (C=O) groups is 2. The smallest absolute Gasteiger partial charge is 0.453 e. The number of benzene rings is 1. The van der Waals surface area contributed by atoms with Gasteiger partial charge in [0.15, 0.2) is 24.1 Å². The SMILES string of the molecule is NC1=NC(=O)[N+]([C@@H]2O[C@H](CO)[C@@H](O)[C@H]2O)([C@@H]2O[C@H](CO)[C@@H](OC(=O)c3ccccc3)[C@@H]2O)N=C1. The summed E-state index contributed by atoms with van der Waals surface area (Å²) < 4.78 is 15.2. The van der Waals surface area contributed by atoms with Gasteiger partial charge in [-0.2, -0.15) is 0 Å². The number of rotatable bonds is 6. The van der Waals surface area contributed by atoms with Crippen molar-refractivity contribution in [1.82, 2.24) is 0 Å². The minimum absolute atomic E-state index is 0.173. The number of aliphatic hydroxyl groups excluding tert-OH is 5. The topological polar surface area (TPSA) is 214 Å². The van der Waals surface area contributed by atoms with Crippen LogP contribution in [0.1, 0.15) is 10.4 Å². The molecule has 1 unspecified atom stereocenters. The van der Waals surface area contributed by atoms with Crippen LogP contribution in [0.5, 0.6) is 0 Å². The minimum Gasteiger partial charge on any atom is -0.453 e. The number of hydrogen-bond donors (Lipinski definition) is 6. The van der Waals surface area contributed by atoms with Crippen molar-refractivity contribution >= 4 is 24.1 Å². The Balaban J connectivity index is 1.69. The highest BCUT2D eigenvalue weighted by Gasteiger charge is 2.69. The second kappa shape index (κ2) is 9.44. The zero-order valence-corrected chi connectivity index (χ0v) is 17.7. The fraction of sp³-hybridized carbons (Fsp3) is 0.500. The lowest BCUT2D eigenvalue weighted by atomic mass is 10.1. The van der Waals surface area contributed by atoms with Gasteiger partial charge in [0.05, 0.1) is 18.8 Å². The lowest BCUT2D eigenvalue weighted by Gasteiger charge is -2.39. The Kier molecular flexibility index (Phi) is 6.75. The molecule has 14 heteroatoms. The molecule has 2 saturated heterocycles. The van der Waals surface area contributed by atoms with E-state index < -0.39 is 78.9 Å².